The molecule has 0 aromatic heterocycles. The molecule has 0 aliphatic rings. The van der Waals surface area contributed by atoms with Crippen LogP contribution < -0.4 is 0 Å². The standard InChI is InChI=1S/2Mo.3S/q;+6;3*-2. The minimum absolute atomic E-state index is 0. The molecule has 30 valence electrons. The van der Waals surface area contributed by atoms with Crippen LogP contribution in [0.15, 0.2) is 0 Å². The molecular formula is Mo2S3. The summed E-state index contributed by atoms with van der Waals surface area (Å²) in [6, 6.07) is 0. The fraction of sp³-hybridized carbons (Fsp3) is 0. The van der Waals surface area contributed by atoms with Gasteiger partial charge >= 0.3 is 21.1 Å². The monoisotopic (exact) mass is 292 g/mol. The van der Waals surface area contributed by atoms with Crippen molar-refractivity contribution in [3.8, 4) is 0 Å². The molecule has 0 N–H and O–H groups in total. The Labute approximate surface area is 81.7 Å². The molecule has 0 rings (SSSR count). The molecule has 5 heteroatoms. The van der Waals surface area contributed by atoms with Crippen LogP contribution in [0.1, 0.15) is 0 Å². The zero-order chi connectivity index (χ0) is 0. The summed E-state index contributed by atoms with van der Waals surface area (Å²) in [7, 11) is 0. The Morgan fingerprint density at radius 1 is 0.600 bits per heavy atom. The average Bonchev–Trinajstić information content (AvgIpc) is 0. The van der Waals surface area contributed by atoms with Gasteiger partial charge in [0.2, 0.25) is 0 Å². The van der Waals surface area contributed by atoms with Gasteiger partial charge in [0.1, 0.15) is 0 Å². The minimum Gasteiger partial charge on any atom is -2.00 e. The van der Waals surface area contributed by atoms with Crippen molar-refractivity contribution in [3.63, 3.8) is 0 Å². The van der Waals surface area contributed by atoms with Gasteiger partial charge in [-0.3, -0.25) is 0 Å². The van der Waals surface area contributed by atoms with Crippen molar-refractivity contribution in [1.29, 1.82) is 0 Å². The van der Waals surface area contributed by atoms with Crippen molar-refractivity contribution < 1.29 is 42.1 Å². The van der Waals surface area contributed by atoms with Crippen molar-refractivity contribution in [3.05, 3.63) is 0 Å². The molecule has 0 nitrogen and oxygen atoms in total. The van der Waals surface area contributed by atoms with Crippen LogP contribution in [-0.4, -0.2) is 0 Å². The number of rotatable bonds is 0. The fourth-order valence-electron chi connectivity index (χ4n) is 0. The maximum atomic E-state index is 0. The van der Waals surface area contributed by atoms with E-state index in [9.17, 15) is 0 Å². The Bertz CT molecular complexity index is 4.85. The molecule has 0 radical (unpaired) electrons. The van der Waals surface area contributed by atoms with E-state index in [0.717, 1.165) is 0 Å². The molecule has 0 saturated heterocycles. The smallest absolute Gasteiger partial charge is 2.00 e. The van der Waals surface area contributed by atoms with E-state index in [2.05, 4.69) is 0 Å². The maximum absolute atomic E-state index is 0. The molecule has 0 unspecified atom stereocenters. The predicted octanol–water partition coefficient (Wildman–Crippen LogP) is -0.0122. The third-order valence-corrected chi connectivity index (χ3v) is 0. The quantitative estimate of drug-likeness (QED) is 0.550. The largest absolute Gasteiger partial charge is 6.00 e. The first kappa shape index (κ1) is 52.1. The Balaban J connectivity index is 0. The van der Waals surface area contributed by atoms with Crippen LogP contribution >= 0.6 is 0 Å². The van der Waals surface area contributed by atoms with Gasteiger partial charge in [0.25, 0.3) is 0 Å². The van der Waals surface area contributed by atoms with Crippen LogP contribution in [0, 0.1) is 0 Å². The summed E-state index contributed by atoms with van der Waals surface area (Å²) < 4.78 is 0. The van der Waals surface area contributed by atoms with E-state index in [1.54, 1.807) is 0 Å². The molecule has 0 aromatic rings. The second-order valence-electron chi connectivity index (χ2n) is 0. The summed E-state index contributed by atoms with van der Waals surface area (Å²) in [6.45, 7) is 0. The van der Waals surface area contributed by atoms with Gasteiger partial charge in [-0.2, -0.15) is 0 Å². The molecule has 0 fully saturated rings. The summed E-state index contributed by atoms with van der Waals surface area (Å²) in [5, 5.41) is 0. The third kappa shape index (κ3) is 21.4. The predicted molar refractivity (Wildman–Crippen MR) is 22.1 cm³/mol. The van der Waals surface area contributed by atoms with Gasteiger partial charge in [-0.15, -0.1) is 0 Å². The van der Waals surface area contributed by atoms with Crippen LogP contribution in [0.3, 0.4) is 0 Å². The maximum Gasteiger partial charge on any atom is 6.00 e. The van der Waals surface area contributed by atoms with Crippen LogP contribution in [0.25, 0.3) is 0 Å². The molecule has 0 heterocycles. The summed E-state index contributed by atoms with van der Waals surface area (Å²) in [5.41, 5.74) is 0. The van der Waals surface area contributed by atoms with E-state index in [-0.39, 0.29) is 82.6 Å². The summed E-state index contributed by atoms with van der Waals surface area (Å²) in [6.07, 6.45) is 0. The topological polar surface area (TPSA) is 0 Å². The zero-order valence-corrected chi connectivity index (χ0v) is 8.50. The first-order chi connectivity index (χ1) is 0. The Morgan fingerprint density at radius 3 is 0.600 bits per heavy atom. The normalized spacial score (nSPS) is 0. The number of hydrogen-bond acceptors (Lipinski definition) is 0. The van der Waals surface area contributed by atoms with E-state index in [1.807, 2.05) is 0 Å². The van der Waals surface area contributed by atoms with Crippen LogP contribution in [-0.2, 0) is 82.6 Å². The molecule has 0 aromatic carbocycles. The van der Waals surface area contributed by atoms with E-state index in [0.29, 0.717) is 0 Å². The molecule has 0 aliphatic carbocycles. The van der Waals surface area contributed by atoms with Gasteiger partial charge in [-0.1, -0.05) is 0 Å². The minimum atomic E-state index is 0. The van der Waals surface area contributed by atoms with E-state index >= 15 is 0 Å². The molecule has 0 bridgehead atoms. The van der Waals surface area contributed by atoms with Gasteiger partial charge < -0.3 is 40.5 Å². The molecular weight excluding hydrogens is 288 g/mol. The van der Waals surface area contributed by atoms with Crippen LogP contribution in [0.4, 0.5) is 0 Å². The average molecular weight is 288 g/mol. The van der Waals surface area contributed by atoms with Crippen molar-refractivity contribution in [1.82, 2.24) is 0 Å². The molecule has 0 amide bonds. The zero-order valence-electron chi connectivity index (χ0n) is 2.04. The Morgan fingerprint density at radius 2 is 0.600 bits per heavy atom. The molecule has 5 heavy (non-hydrogen) atoms. The van der Waals surface area contributed by atoms with Gasteiger partial charge in [-0.25, -0.2) is 0 Å². The third-order valence-electron chi connectivity index (χ3n) is 0. The van der Waals surface area contributed by atoms with Gasteiger partial charge in [0.15, 0.2) is 0 Å². The van der Waals surface area contributed by atoms with E-state index in [1.165, 1.54) is 0 Å². The van der Waals surface area contributed by atoms with Gasteiger partial charge in [0.05, 0.1) is 0 Å². The van der Waals surface area contributed by atoms with Gasteiger partial charge in [0, 0.05) is 21.1 Å². The van der Waals surface area contributed by atoms with E-state index in [4.69, 9.17) is 0 Å². The second kappa shape index (κ2) is 32.1. The Hall–Kier alpha value is 2.43. The summed E-state index contributed by atoms with van der Waals surface area (Å²) >= 11 is 0. The Kier molecular flexibility index (Phi) is 335. The fourth-order valence-corrected chi connectivity index (χ4v) is 0. The van der Waals surface area contributed by atoms with Crippen molar-refractivity contribution >= 4 is 40.5 Å². The molecule has 0 atom stereocenters. The summed E-state index contributed by atoms with van der Waals surface area (Å²) in [5.74, 6) is 0. The van der Waals surface area contributed by atoms with Crippen molar-refractivity contribution in [2.45, 2.75) is 0 Å². The first-order valence-corrected chi connectivity index (χ1v) is 0. The van der Waals surface area contributed by atoms with Crippen LogP contribution in [0.5, 0.6) is 0 Å². The molecule has 0 saturated carbocycles. The number of hydrogen-bond donors (Lipinski definition) is 0. The van der Waals surface area contributed by atoms with Crippen molar-refractivity contribution in [2.24, 2.45) is 0 Å². The SMILES string of the molecule is [Mo+6].[Mo].[S-2].[S-2].[S-2]. The molecule has 0 aliphatic heterocycles. The van der Waals surface area contributed by atoms with Crippen LogP contribution in [0.2, 0.25) is 0 Å². The van der Waals surface area contributed by atoms with Crippen molar-refractivity contribution in [2.75, 3.05) is 0 Å². The second-order valence-corrected chi connectivity index (χ2v) is 0. The molecule has 0 spiro atoms. The van der Waals surface area contributed by atoms with E-state index < -0.39 is 0 Å². The summed E-state index contributed by atoms with van der Waals surface area (Å²) in [4.78, 5) is 0. The first-order valence-electron chi connectivity index (χ1n) is 0. The van der Waals surface area contributed by atoms with Gasteiger partial charge in [-0.05, 0) is 0 Å².